The Morgan fingerprint density at radius 2 is 1.42 bits per heavy atom. The van der Waals surface area contributed by atoms with Crippen LogP contribution >= 0.6 is 0 Å². The van der Waals surface area contributed by atoms with Crippen LogP contribution in [0, 0.1) is 11.8 Å². The lowest BCUT2D eigenvalue weighted by molar-refractivity contribution is -0.145. The number of methoxy groups -OCH3 is 2. The fourth-order valence-electron chi connectivity index (χ4n) is 6.13. The summed E-state index contributed by atoms with van der Waals surface area (Å²) in [6.07, 6.45) is 6.02. The molecule has 0 saturated heterocycles. The first-order chi connectivity index (χ1) is 26.0. The summed E-state index contributed by atoms with van der Waals surface area (Å²) in [5.74, 6) is -6.41. The second kappa shape index (κ2) is 23.3. The number of carboxylic acids is 1. The number of hydrogen-bond acceptors (Lipinski definition) is 10. The van der Waals surface area contributed by atoms with E-state index in [9.17, 15) is 43.5 Å². The van der Waals surface area contributed by atoms with Gasteiger partial charge in [-0.05, 0) is 61.8 Å². The molecule has 1 fully saturated rings. The van der Waals surface area contributed by atoms with Crippen LogP contribution < -0.4 is 37.1 Å². The summed E-state index contributed by atoms with van der Waals surface area (Å²) in [5.41, 5.74) is 5.99. The van der Waals surface area contributed by atoms with Crippen LogP contribution in [0.1, 0.15) is 90.5 Å². The minimum atomic E-state index is -1.66. The number of benzene rings is 1. The van der Waals surface area contributed by atoms with E-state index in [4.69, 9.17) is 10.5 Å². The van der Waals surface area contributed by atoms with E-state index < -0.39 is 84.0 Å². The maximum Gasteiger partial charge on any atom is 0.328 e. The van der Waals surface area contributed by atoms with Gasteiger partial charge < -0.3 is 46.9 Å². The van der Waals surface area contributed by atoms with E-state index in [-0.39, 0.29) is 37.5 Å². The number of aliphatic carboxylic acids is 1. The quantitative estimate of drug-likeness (QED) is 0.0648. The number of nitrogens with one attached hydrogen (secondary N) is 5. The average molecular weight is 773 g/mol. The van der Waals surface area contributed by atoms with Crippen molar-refractivity contribution in [3.05, 3.63) is 35.9 Å². The number of primary amides is 1. The first kappa shape index (κ1) is 45.7. The largest absolute Gasteiger partial charge is 0.497 e. The van der Waals surface area contributed by atoms with Crippen LogP contribution in [-0.2, 0) is 43.1 Å². The van der Waals surface area contributed by atoms with E-state index in [1.54, 1.807) is 38.1 Å². The van der Waals surface area contributed by atoms with Gasteiger partial charge in [0.1, 0.15) is 36.0 Å². The van der Waals surface area contributed by atoms with E-state index in [1.165, 1.54) is 26.2 Å². The molecule has 0 spiro atoms. The van der Waals surface area contributed by atoms with Gasteiger partial charge in [-0.1, -0.05) is 58.1 Å². The fourth-order valence-corrected chi connectivity index (χ4v) is 6.13. The number of carboxylic acid groups (broad SMARTS) is 1. The Labute approximate surface area is 321 Å². The van der Waals surface area contributed by atoms with Gasteiger partial charge in [0.25, 0.3) is 0 Å². The van der Waals surface area contributed by atoms with Gasteiger partial charge in [0.05, 0.1) is 20.6 Å². The van der Waals surface area contributed by atoms with Crippen molar-refractivity contribution in [2.45, 2.75) is 115 Å². The summed E-state index contributed by atoms with van der Waals surface area (Å²) in [6.45, 7) is 4.98. The summed E-state index contributed by atoms with van der Waals surface area (Å²) in [5, 5.41) is 22.3. The van der Waals surface area contributed by atoms with Gasteiger partial charge in [-0.15, -0.1) is 0 Å². The number of esters is 1. The van der Waals surface area contributed by atoms with Crippen molar-refractivity contribution < 1.29 is 52.9 Å². The van der Waals surface area contributed by atoms with E-state index in [1.807, 2.05) is 0 Å². The summed E-state index contributed by atoms with van der Waals surface area (Å²) >= 11 is 0. The number of rotatable bonds is 22. The molecule has 1 saturated carbocycles. The van der Waals surface area contributed by atoms with Crippen LogP contribution in [0.3, 0.4) is 0 Å². The number of amides is 6. The highest BCUT2D eigenvalue weighted by Crippen LogP contribution is 2.27. The number of hydrogen-bond donors (Lipinski definition) is 7. The molecule has 0 bridgehead atoms. The highest BCUT2D eigenvalue weighted by molar-refractivity contribution is 5.98. The van der Waals surface area contributed by atoms with E-state index in [0.717, 1.165) is 39.2 Å². The Kier molecular flexibility index (Phi) is 19.4. The summed E-state index contributed by atoms with van der Waals surface area (Å²) < 4.78 is 9.84. The zero-order valence-corrected chi connectivity index (χ0v) is 32.2. The van der Waals surface area contributed by atoms with Crippen molar-refractivity contribution in [1.29, 1.82) is 0 Å². The summed E-state index contributed by atoms with van der Waals surface area (Å²) in [4.78, 5) is 103. The predicted octanol–water partition coefficient (Wildman–Crippen LogP) is 1.08. The Bertz CT molecular complexity index is 1540. The van der Waals surface area contributed by atoms with Crippen molar-refractivity contribution >= 4 is 53.5 Å². The normalized spacial score (nSPS) is 15.7. The zero-order chi connectivity index (χ0) is 41.1. The van der Waals surface area contributed by atoms with Crippen molar-refractivity contribution in [1.82, 2.24) is 26.6 Å². The minimum Gasteiger partial charge on any atom is -0.497 e. The molecule has 0 aliphatic heterocycles. The number of carbonyl (C=O) groups excluding carboxylic acids is 7. The third kappa shape index (κ3) is 17.0. The predicted molar refractivity (Wildman–Crippen MR) is 201 cm³/mol. The average Bonchev–Trinajstić information content (AvgIpc) is 3.14. The lowest BCUT2D eigenvalue weighted by atomic mass is 9.84. The minimum absolute atomic E-state index is 0.0110. The Balaban J connectivity index is 2.33. The molecule has 5 atom stereocenters. The van der Waals surface area contributed by atoms with Crippen LogP contribution in [0.25, 0.3) is 6.08 Å². The molecule has 2 rings (SSSR count). The molecule has 17 heteroatoms. The van der Waals surface area contributed by atoms with Crippen molar-refractivity contribution in [2.24, 2.45) is 17.6 Å². The van der Waals surface area contributed by atoms with Crippen molar-refractivity contribution in [3.63, 3.8) is 0 Å². The standard InChI is InChI=1S/C38H56N6O11/c1-22(2)18-28(35(50)40-23(3)38(53)55-5)42-37(52)30(21-33(47)48)44-36(51)29(20-24-10-7-6-8-11-24)43-34(49)27(15-16-31(39)45)41-32(46)17-14-25-12-9-13-26(19-25)54-4/h9,12-14,17,19,22-24,27-30H,6-8,10-11,15-16,18,20-21H2,1-5H3,(H2,39,45)(H,40,50)(H,41,46)(H,42,52)(H,43,49)(H,44,51)(H,47,48)/b17-14+/t23-,27-,28-,29-,30-/m0/s1. The molecule has 1 aromatic carbocycles. The molecule has 55 heavy (non-hydrogen) atoms. The van der Waals surface area contributed by atoms with Crippen LogP contribution in [0.4, 0.5) is 0 Å². The van der Waals surface area contributed by atoms with Gasteiger partial charge in [-0.3, -0.25) is 33.6 Å². The SMILES string of the molecule is COC(=O)[C@H](C)NC(=O)[C@H](CC(C)C)NC(=O)[C@H](CC(=O)O)NC(=O)[C@H](CC1CCCCC1)NC(=O)[C@H](CCC(N)=O)NC(=O)/C=C/c1cccc(OC)c1. The molecule has 1 aliphatic carbocycles. The Morgan fingerprint density at radius 1 is 0.818 bits per heavy atom. The van der Waals surface area contributed by atoms with Gasteiger partial charge in [0.15, 0.2) is 0 Å². The highest BCUT2D eigenvalue weighted by atomic mass is 16.5. The molecule has 8 N–H and O–H groups in total. The van der Waals surface area contributed by atoms with Crippen LogP contribution in [-0.4, -0.2) is 96.9 Å². The third-order valence-corrected chi connectivity index (χ3v) is 9.03. The molecule has 6 amide bonds. The smallest absolute Gasteiger partial charge is 0.328 e. The molecule has 1 aliphatic rings. The Hall–Kier alpha value is -5.48. The fraction of sp³-hybridized carbons (Fsp3) is 0.579. The lowest BCUT2D eigenvalue weighted by Crippen LogP contribution is -2.59. The van der Waals surface area contributed by atoms with Gasteiger partial charge in [0, 0.05) is 12.5 Å². The van der Waals surface area contributed by atoms with E-state index >= 15 is 0 Å². The van der Waals surface area contributed by atoms with Crippen LogP contribution in [0.2, 0.25) is 0 Å². The second-order valence-electron chi connectivity index (χ2n) is 14.1. The molecule has 1 aromatic rings. The first-order valence-corrected chi connectivity index (χ1v) is 18.4. The van der Waals surface area contributed by atoms with Gasteiger partial charge in [-0.2, -0.15) is 0 Å². The van der Waals surface area contributed by atoms with Gasteiger partial charge in [-0.25, -0.2) is 4.79 Å². The molecule has 17 nitrogen and oxygen atoms in total. The maximum atomic E-state index is 13.9. The van der Waals surface area contributed by atoms with Crippen LogP contribution in [0.15, 0.2) is 30.3 Å². The third-order valence-electron chi connectivity index (χ3n) is 9.03. The number of ether oxygens (including phenoxy) is 2. The van der Waals surface area contributed by atoms with E-state index in [2.05, 4.69) is 31.3 Å². The van der Waals surface area contributed by atoms with Gasteiger partial charge >= 0.3 is 11.9 Å². The maximum absolute atomic E-state index is 13.9. The summed E-state index contributed by atoms with van der Waals surface area (Å²) in [6, 6.07) is 0.434. The lowest BCUT2D eigenvalue weighted by Gasteiger charge is -2.29. The topological polar surface area (TPSA) is 261 Å². The molecule has 304 valence electrons. The molecule has 0 unspecified atom stereocenters. The molecular formula is C38H56N6O11. The van der Waals surface area contributed by atoms with Gasteiger partial charge in [0.2, 0.25) is 35.4 Å². The molecule has 0 heterocycles. The zero-order valence-electron chi connectivity index (χ0n) is 32.2. The first-order valence-electron chi connectivity index (χ1n) is 18.4. The van der Waals surface area contributed by atoms with Crippen molar-refractivity contribution in [2.75, 3.05) is 14.2 Å². The highest BCUT2D eigenvalue weighted by Gasteiger charge is 2.34. The van der Waals surface area contributed by atoms with Crippen molar-refractivity contribution in [3.8, 4) is 5.75 Å². The van der Waals surface area contributed by atoms with E-state index in [0.29, 0.717) is 11.3 Å². The molecular weight excluding hydrogens is 716 g/mol. The monoisotopic (exact) mass is 772 g/mol. The Morgan fingerprint density at radius 3 is 2.02 bits per heavy atom. The molecule has 0 radical (unpaired) electrons. The summed E-state index contributed by atoms with van der Waals surface area (Å²) in [7, 11) is 2.66. The number of nitrogens with two attached hydrogens (primary N) is 1. The second-order valence-corrected chi connectivity index (χ2v) is 14.1. The molecule has 0 aromatic heterocycles. The van der Waals surface area contributed by atoms with Crippen LogP contribution in [0.5, 0.6) is 5.75 Å². The number of carbonyl (C=O) groups is 8.